The lowest BCUT2D eigenvalue weighted by Gasteiger charge is -2.38. The predicted molar refractivity (Wildman–Crippen MR) is 157 cm³/mol. The predicted octanol–water partition coefficient (Wildman–Crippen LogP) is 7.45. The highest BCUT2D eigenvalue weighted by molar-refractivity contribution is 6.31. The van der Waals surface area contributed by atoms with Crippen molar-refractivity contribution in [2.24, 2.45) is 11.3 Å². The van der Waals surface area contributed by atoms with Crippen molar-refractivity contribution in [3.63, 3.8) is 0 Å². The lowest BCUT2D eigenvalue weighted by Crippen LogP contribution is -2.47. The third-order valence-corrected chi connectivity index (χ3v) is 8.34. The summed E-state index contributed by atoms with van der Waals surface area (Å²) < 4.78 is 20.6. The number of hydrogen-bond donors (Lipinski definition) is 2. The number of benzene rings is 3. The van der Waals surface area contributed by atoms with Crippen LogP contribution in [0.1, 0.15) is 54.7 Å². The Balaban J connectivity index is 1.66. The number of rotatable bonds is 4. The van der Waals surface area contributed by atoms with Crippen LogP contribution in [0.2, 0.25) is 10.0 Å². The summed E-state index contributed by atoms with van der Waals surface area (Å²) >= 11 is 12.5. The van der Waals surface area contributed by atoms with Crippen molar-refractivity contribution in [3.8, 4) is 0 Å². The summed E-state index contributed by atoms with van der Waals surface area (Å²) in [4.78, 5) is 41.6. The zero-order valence-electron chi connectivity index (χ0n) is 23.1. The molecule has 7 nitrogen and oxygen atoms in total. The Kier molecular flexibility index (Phi) is 7.51. The number of likely N-dealkylation sites (tertiary alicyclic amines) is 1. The van der Waals surface area contributed by atoms with Crippen LogP contribution in [-0.2, 0) is 14.9 Å². The maximum absolute atomic E-state index is 15.9. The Morgan fingerprint density at radius 1 is 1.12 bits per heavy atom. The van der Waals surface area contributed by atoms with E-state index in [0.29, 0.717) is 33.9 Å². The number of carbonyl (C=O) groups is 3. The van der Waals surface area contributed by atoms with Gasteiger partial charge in [-0.25, -0.2) is 14.0 Å². The van der Waals surface area contributed by atoms with Gasteiger partial charge in [0.2, 0.25) is 5.91 Å². The lowest BCUT2D eigenvalue weighted by atomic mass is 9.63. The average Bonchev–Trinajstić information content (AvgIpc) is 3.39. The van der Waals surface area contributed by atoms with Gasteiger partial charge in [0.1, 0.15) is 11.2 Å². The summed E-state index contributed by atoms with van der Waals surface area (Å²) in [6, 6.07) is 14.5. The molecule has 0 aliphatic carbocycles. The summed E-state index contributed by atoms with van der Waals surface area (Å²) in [5.74, 6) is -1.89. The molecule has 0 aromatic heterocycles. The maximum atomic E-state index is 15.9. The summed E-state index contributed by atoms with van der Waals surface area (Å²) in [6.45, 7) is 6.38. The smallest absolute Gasteiger partial charge is 0.337 e. The molecule has 0 unspecified atom stereocenters. The molecule has 3 amide bonds. The van der Waals surface area contributed by atoms with Crippen LogP contribution in [0.4, 0.5) is 20.6 Å². The first kappa shape index (κ1) is 28.9. The molecule has 5 rings (SSSR count). The quantitative estimate of drug-likeness (QED) is 0.306. The normalized spacial score (nSPS) is 21.5. The van der Waals surface area contributed by atoms with Crippen LogP contribution in [0.3, 0.4) is 0 Å². The first-order valence-electron chi connectivity index (χ1n) is 13.2. The second-order valence-corrected chi connectivity index (χ2v) is 12.5. The molecule has 3 aromatic carbocycles. The van der Waals surface area contributed by atoms with E-state index in [2.05, 4.69) is 31.4 Å². The van der Waals surface area contributed by atoms with Crippen LogP contribution < -0.4 is 10.6 Å². The van der Waals surface area contributed by atoms with Crippen LogP contribution in [0, 0.1) is 17.2 Å². The monoisotopic (exact) mass is 597 g/mol. The van der Waals surface area contributed by atoms with Crippen molar-refractivity contribution in [2.75, 3.05) is 24.3 Å². The van der Waals surface area contributed by atoms with Crippen molar-refractivity contribution < 1.29 is 23.5 Å². The maximum Gasteiger partial charge on any atom is 0.337 e. The Morgan fingerprint density at radius 2 is 1.83 bits per heavy atom. The molecule has 2 N–H and O–H groups in total. The van der Waals surface area contributed by atoms with Gasteiger partial charge in [-0.3, -0.25) is 4.79 Å². The number of hydrogen-bond acceptors (Lipinski definition) is 4. The molecule has 0 bridgehead atoms. The van der Waals surface area contributed by atoms with E-state index in [9.17, 15) is 14.4 Å². The number of amides is 3. The molecule has 1 saturated heterocycles. The molecule has 2 aliphatic heterocycles. The molecule has 10 heteroatoms. The first-order valence-corrected chi connectivity index (χ1v) is 13.9. The van der Waals surface area contributed by atoms with E-state index in [4.69, 9.17) is 27.9 Å². The van der Waals surface area contributed by atoms with Crippen molar-refractivity contribution in [1.82, 2.24) is 4.90 Å². The number of halogens is 3. The van der Waals surface area contributed by atoms with Crippen LogP contribution in [-0.4, -0.2) is 36.5 Å². The van der Waals surface area contributed by atoms with E-state index in [1.54, 1.807) is 42.5 Å². The van der Waals surface area contributed by atoms with Gasteiger partial charge in [0.05, 0.1) is 23.7 Å². The highest BCUT2D eigenvalue weighted by Crippen LogP contribution is 2.60. The number of carbonyl (C=O) groups excluding carboxylic acids is 3. The van der Waals surface area contributed by atoms with Gasteiger partial charge < -0.3 is 20.3 Å². The highest BCUT2D eigenvalue weighted by Gasteiger charge is 2.65. The topological polar surface area (TPSA) is 87.7 Å². The van der Waals surface area contributed by atoms with E-state index < -0.39 is 29.3 Å². The standard InChI is InChI=1S/C31H30Cl2FN3O4/c1-30(2,3)15-18-16-37(29(40)35-20-11-8-17(9-12-20)27(38)41-4)26(21-6-5-7-23(33)25(21)34)31(18)22-13-10-19(32)14-24(22)36-28(31)39/h5-14,18,26H,15-16H2,1-4H3,(H,35,40)(H,36,39)/t18-,26-,31+/m1/s1. The van der Waals surface area contributed by atoms with Gasteiger partial charge in [-0.05, 0) is 65.8 Å². The van der Waals surface area contributed by atoms with Gasteiger partial charge in [0.15, 0.2) is 0 Å². The molecule has 3 aromatic rings. The first-order chi connectivity index (χ1) is 19.4. The zero-order chi connectivity index (χ0) is 29.7. The number of nitrogens with one attached hydrogen (secondary N) is 2. The minimum atomic E-state index is -1.31. The molecule has 2 aliphatic rings. The average molecular weight is 599 g/mol. The van der Waals surface area contributed by atoms with E-state index in [0.717, 1.165) is 0 Å². The van der Waals surface area contributed by atoms with E-state index in [-0.39, 0.29) is 34.4 Å². The second-order valence-electron chi connectivity index (χ2n) is 11.7. The summed E-state index contributed by atoms with van der Waals surface area (Å²) in [6.07, 6.45) is 0.568. The van der Waals surface area contributed by atoms with Gasteiger partial charge >= 0.3 is 12.0 Å². The minimum Gasteiger partial charge on any atom is -0.465 e. The summed E-state index contributed by atoms with van der Waals surface area (Å²) in [5.41, 5.74) is 0.545. The van der Waals surface area contributed by atoms with Crippen LogP contribution in [0.25, 0.3) is 0 Å². The molecular weight excluding hydrogens is 568 g/mol. The Bertz CT molecular complexity index is 1540. The number of esters is 1. The third kappa shape index (κ3) is 5.04. The van der Waals surface area contributed by atoms with Crippen molar-refractivity contribution in [3.05, 3.63) is 93.2 Å². The SMILES string of the molecule is COC(=O)c1ccc(NC(=O)N2C[C@@H](CC(C)(C)C)[C@@]3(C(=O)Nc4cc(Cl)ccc43)[C@H]2c2cccc(Cl)c2F)cc1. The third-order valence-electron chi connectivity index (χ3n) is 7.81. The second kappa shape index (κ2) is 10.7. The zero-order valence-corrected chi connectivity index (χ0v) is 24.6. The number of anilines is 2. The van der Waals surface area contributed by atoms with Crippen molar-refractivity contribution >= 4 is 52.5 Å². The number of fused-ring (bicyclic) bond motifs is 2. The van der Waals surface area contributed by atoms with Crippen LogP contribution in [0.5, 0.6) is 0 Å². The van der Waals surface area contributed by atoms with Crippen LogP contribution >= 0.6 is 23.2 Å². The van der Waals surface area contributed by atoms with E-state index in [1.807, 2.05) is 0 Å². The molecule has 214 valence electrons. The summed E-state index contributed by atoms with van der Waals surface area (Å²) in [5, 5.41) is 6.18. The molecule has 41 heavy (non-hydrogen) atoms. The van der Waals surface area contributed by atoms with Gasteiger partial charge in [0, 0.05) is 28.5 Å². The summed E-state index contributed by atoms with van der Waals surface area (Å²) in [7, 11) is 1.29. The van der Waals surface area contributed by atoms with Crippen molar-refractivity contribution in [2.45, 2.75) is 38.6 Å². The van der Waals surface area contributed by atoms with Gasteiger partial charge in [0.25, 0.3) is 0 Å². The molecule has 3 atom stereocenters. The molecular formula is C31H30Cl2FN3O4. The Hall–Kier alpha value is -3.62. The highest BCUT2D eigenvalue weighted by atomic mass is 35.5. The van der Waals surface area contributed by atoms with Crippen LogP contribution in [0.15, 0.2) is 60.7 Å². The van der Waals surface area contributed by atoms with Gasteiger partial charge in [-0.2, -0.15) is 0 Å². The number of urea groups is 1. The fourth-order valence-electron chi connectivity index (χ4n) is 6.27. The van der Waals surface area contributed by atoms with Gasteiger partial charge in [-0.15, -0.1) is 0 Å². The molecule has 1 spiro atoms. The number of methoxy groups -OCH3 is 1. The van der Waals surface area contributed by atoms with E-state index in [1.165, 1.54) is 30.2 Å². The number of ether oxygens (including phenoxy) is 1. The molecule has 0 saturated carbocycles. The largest absolute Gasteiger partial charge is 0.465 e. The van der Waals surface area contributed by atoms with Crippen molar-refractivity contribution in [1.29, 1.82) is 0 Å². The molecule has 0 radical (unpaired) electrons. The van der Waals surface area contributed by atoms with E-state index >= 15 is 4.39 Å². The van der Waals surface area contributed by atoms with Gasteiger partial charge in [-0.1, -0.05) is 62.2 Å². The fraction of sp³-hybridized carbons (Fsp3) is 0.323. The Labute approximate surface area is 248 Å². The molecule has 2 heterocycles. The lowest BCUT2D eigenvalue weighted by molar-refractivity contribution is -0.123. The number of nitrogens with zero attached hydrogens (tertiary/aromatic N) is 1. The molecule has 1 fully saturated rings. The Morgan fingerprint density at radius 3 is 2.49 bits per heavy atom. The minimum absolute atomic E-state index is 0.106. The fourth-order valence-corrected chi connectivity index (χ4v) is 6.63.